The molecule has 0 atom stereocenters. The van der Waals surface area contributed by atoms with Crippen LogP contribution < -0.4 is 4.74 Å². The number of esters is 1. The van der Waals surface area contributed by atoms with E-state index in [1.807, 2.05) is 30.3 Å². The number of methoxy groups -OCH3 is 2. The minimum absolute atomic E-state index is 0.00762. The first kappa shape index (κ1) is 21.2. The molecule has 0 aliphatic heterocycles. The average molecular weight is 406 g/mol. The van der Waals surface area contributed by atoms with Crippen LogP contribution in [-0.4, -0.2) is 26.0 Å². The quantitative estimate of drug-likeness (QED) is 0.389. The predicted molar refractivity (Wildman–Crippen MR) is 113 cm³/mol. The zero-order valence-electron chi connectivity index (χ0n) is 17.0. The van der Waals surface area contributed by atoms with Crippen molar-refractivity contribution < 1.29 is 23.5 Å². The van der Waals surface area contributed by atoms with Gasteiger partial charge in [0.1, 0.15) is 0 Å². The molecule has 0 bridgehead atoms. The Kier molecular flexibility index (Phi) is 6.96. The van der Waals surface area contributed by atoms with Crippen LogP contribution >= 0.6 is 0 Å². The van der Waals surface area contributed by atoms with Gasteiger partial charge in [-0.25, -0.2) is 9.18 Å². The molecule has 0 saturated heterocycles. The highest BCUT2D eigenvalue weighted by Gasteiger charge is 2.22. The van der Waals surface area contributed by atoms with Gasteiger partial charge in [0, 0.05) is 5.56 Å². The maximum absolute atomic E-state index is 15.1. The number of carbonyl (C=O) groups excluding carboxylic acids is 2. The molecule has 0 aliphatic carbocycles. The van der Waals surface area contributed by atoms with Gasteiger partial charge >= 0.3 is 5.97 Å². The summed E-state index contributed by atoms with van der Waals surface area (Å²) in [6.45, 7) is 0. The van der Waals surface area contributed by atoms with Gasteiger partial charge in [0.05, 0.1) is 25.3 Å². The molecule has 0 amide bonds. The summed E-state index contributed by atoms with van der Waals surface area (Å²) in [4.78, 5) is 24.7. The summed E-state index contributed by atoms with van der Waals surface area (Å²) < 4.78 is 24.8. The smallest absolute Gasteiger partial charge is 0.337 e. The van der Waals surface area contributed by atoms with E-state index >= 15 is 4.39 Å². The minimum Gasteiger partial charge on any atom is -0.494 e. The summed E-state index contributed by atoms with van der Waals surface area (Å²) >= 11 is 0. The molecule has 3 aromatic rings. The van der Waals surface area contributed by atoms with E-state index in [1.165, 1.54) is 44.0 Å². The lowest BCUT2D eigenvalue weighted by molar-refractivity contribution is 0.0600. The van der Waals surface area contributed by atoms with Gasteiger partial charge in [0.15, 0.2) is 17.3 Å². The molecule has 154 valence electrons. The van der Waals surface area contributed by atoms with Gasteiger partial charge in [-0.1, -0.05) is 48.5 Å². The average Bonchev–Trinajstić information content (AvgIpc) is 2.79. The van der Waals surface area contributed by atoms with Gasteiger partial charge in [-0.2, -0.15) is 0 Å². The van der Waals surface area contributed by atoms with Crippen LogP contribution in [0.3, 0.4) is 0 Å². The third-order valence-electron chi connectivity index (χ3n) is 4.96. The second kappa shape index (κ2) is 9.83. The number of aryl methyl sites for hydroxylation is 2. The van der Waals surface area contributed by atoms with E-state index in [1.54, 1.807) is 12.1 Å². The van der Waals surface area contributed by atoms with E-state index in [0.717, 1.165) is 12.8 Å². The Morgan fingerprint density at radius 3 is 2.13 bits per heavy atom. The Bertz CT molecular complexity index is 1030. The highest BCUT2D eigenvalue weighted by atomic mass is 19.1. The molecule has 0 aromatic heterocycles. The van der Waals surface area contributed by atoms with Crippen LogP contribution in [0.1, 0.15) is 43.8 Å². The van der Waals surface area contributed by atoms with Crippen molar-refractivity contribution in [1.82, 2.24) is 0 Å². The van der Waals surface area contributed by atoms with E-state index < -0.39 is 17.6 Å². The SMILES string of the molecule is COC(=O)c1ccc(C(=O)c2c(CCCc3ccccc3)ccc(OC)c2F)cc1. The van der Waals surface area contributed by atoms with Crippen molar-refractivity contribution in [2.24, 2.45) is 0 Å². The second-order valence-electron chi connectivity index (χ2n) is 6.85. The number of halogens is 1. The van der Waals surface area contributed by atoms with Crippen molar-refractivity contribution in [1.29, 1.82) is 0 Å². The lowest BCUT2D eigenvalue weighted by Crippen LogP contribution is -2.11. The molecule has 0 heterocycles. The largest absolute Gasteiger partial charge is 0.494 e. The fourth-order valence-electron chi connectivity index (χ4n) is 3.36. The van der Waals surface area contributed by atoms with E-state index in [-0.39, 0.29) is 11.3 Å². The van der Waals surface area contributed by atoms with Gasteiger partial charge < -0.3 is 9.47 Å². The number of hydrogen-bond donors (Lipinski definition) is 0. The van der Waals surface area contributed by atoms with Crippen LogP contribution in [0, 0.1) is 5.82 Å². The third-order valence-corrected chi connectivity index (χ3v) is 4.96. The Labute approximate surface area is 175 Å². The van der Waals surface area contributed by atoms with Crippen molar-refractivity contribution in [3.8, 4) is 5.75 Å². The van der Waals surface area contributed by atoms with Crippen molar-refractivity contribution in [2.75, 3.05) is 14.2 Å². The number of benzene rings is 3. The van der Waals surface area contributed by atoms with Gasteiger partial charge in [0.2, 0.25) is 0 Å². The summed E-state index contributed by atoms with van der Waals surface area (Å²) in [5, 5.41) is 0. The first-order chi connectivity index (χ1) is 14.5. The molecule has 3 aromatic carbocycles. The molecular formula is C25H23FO4. The van der Waals surface area contributed by atoms with E-state index in [4.69, 9.17) is 4.74 Å². The van der Waals surface area contributed by atoms with E-state index in [9.17, 15) is 9.59 Å². The van der Waals surface area contributed by atoms with Gasteiger partial charge in [-0.05, 0) is 48.6 Å². The second-order valence-corrected chi connectivity index (χ2v) is 6.85. The summed E-state index contributed by atoms with van der Waals surface area (Å²) in [6, 6.07) is 19.3. The van der Waals surface area contributed by atoms with Crippen LogP contribution in [0.4, 0.5) is 4.39 Å². The summed E-state index contributed by atoms with van der Waals surface area (Å²) in [5.41, 5.74) is 2.44. The molecule has 0 spiro atoms. The Balaban J connectivity index is 1.87. The van der Waals surface area contributed by atoms with Crippen LogP contribution in [0.15, 0.2) is 66.7 Å². The third kappa shape index (κ3) is 4.74. The summed E-state index contributed by atoms with van der Waals surface area (Å²) in [7, 11) is 2.65. The summed E-state index contributed by atoms with van der Waals surface area (Å²) in [5.74, 6) is -1.59. The normalized spacial score (nSPS) is 10.5. The van der Waals surface area contributed by atoms with Crippen molar-refractivity contribution in [3.05, 3.63) is 100 Å². The number of carbonyl (C=O) groups is 2. The lowest BCUT2D eigenvalue weighted by Gasteiger charge is -2.13. The standard InChI is InChI=1S/C25H23FO4/c1-29-21-16-15-18(10-6-9-17-7-4-3-5-8-17)22(23(21)26)24(27)19-11-13-20(14-12-19)25(28)30-2/h3-5,7-8,11-16H,6,9-10H2,1-2H3. The van der Waals surface area contributed by atoms with Crippen LogP contribution in [0.25, 0.3) is 0 Å². The van der Waals surface area contributed by atoms with E-state index in [0.29, 0.717) is 23.1 Å². The highest BCUT2D eigenvalue weighted by molar-refractivity contribution is 6.10. The maximum Gasteiger partial charge on any atom is 0.337 e. The van der Waals surface area contributed by atoms with Gasteiger partial charge in [-0.15, -0.1) is 0 Å². The number of rotatable bonds is 8. The molecule has 0 radical (unpaired) electrons. The first-order valence-electron chi connectivity index (χ1n) is 9.67. The number of hydrogen-bond acceptors (Lipinski definition) is 4. The Morgan fingerprint density at radius 1 is 0.833 bits per heavy atom. The zero-order valence-corrected chi connectivity index (χ0v) is 17.0. The Hall–Kier alpha value is -3.47. The zero-order chi connectivity index (χ0) is 21.5. The first-order valence-corrected chi connectivity index (χ1v) is 9.67. The fraction of sp³-hybridized carbons (Fsp3) is 0.200. The molecule has 0 unspecified atom stereocenters. The lowest BCUT2D eigenvalue weighted by atomic mass is 9.93. The summed E-state index contributed by atoms with van der Waals surface area (Å²) in [6.07, 6.45) is 2.16. The minimum atomic E-state index is -0.670. The molecular weight excluding hydrogens is 383 g/mol. The number of ketones is 1. The maximum atomic E-state index is 15.1. The van der Waals surface area contributed by atoms with E-state index in [2.05, 4.69) is 4.74 Å². The van der Waals surface area contributed by atoms with Crippen molar-refractivity contribution in [2.45, 2.75) is 19.3 Å². The number of ether oxygens (including phenoxy) is 2. The van der Waals surface area contributed by atoms with Crippen molar-refractivity contribution in [3.63, 3.8) is 0 Å². The molecule has 0 fully saturated rings. The van der Waals surface area contributed by atoms with Gasteiger partial charge in [-0.3, -0.25) is 4.79 Å². The fourth-order valence-corrected chi connectivity index (χ4v) is 3.36. The molecule has 5 heteroatoms. The van der Waals surface area contributed by atoms with Crippen LogP contribution in [-0.2, 0) is 17.6 Å². The van der Waals surface area contributed by atoms with Gasteiger partial charge in [0.25, 0.3) is 0 Å². The highest BCUT2D eigenvalue weighted by Crippen LogP contribution is 2.27. The van der Waals surface area contributed by atoms with Crippen LogP contribution in [0.5, 0.6) is 5.75 Å². The monoisotopic (exact) mass is 406 g/mol. The topological polar surface area (TPSA) is 52.6 Å². The van der Waals surface area contributed by atoms with Crippen LogP contribution in [0.2, 0.25) is 0 Å². The molecule has 0 saturated carbocycles. The molecule has 3 rings (SSSR count). The molecule has 0 aliphatic rings. The predicted octanol–water partition coefficient (Wildman–Crippen LogP) is 5.03. The molecule has 0 N–H and O–H groups in total. The molecule has 30 heavy (non-hydrogen) atoms. The molecule has 4 nitrogen and oxygen atoms in total. The Morgan fingerprint density at radius 2 is 1.50 bits per heavy atom. The van der Waals surface area contributed by atoms with Crippen molar-refractivity contribution >= 4 is 11.8 Å².